The summed E-state index contributed by atoms with van der Waals surface area (Å²) in [6.45, 7) is 2.53. The maximum Gasteiger partial charge on any atom is 0.269 e. The maximum atomic E-state index is 13.3. The van der Waals surface area contributed by atoms with Gasteiger partial charge in [0.25, 0.3) is 5.56 Å². The number of hydrogen-bond acceptors (Lipinski definition) is 5. The minimum atomic E-state index is -0.382. The Labute approximate surface area is 174 Å². The molecule has 0 saturated carbocycles. The number of aromatic nitrogens is 2. The fourth-order valence-corrected chi connectivity index (χ4v) is 3.55. The zero-order chi connectivity index (χ0) is 20.5. The third-order valence-electron chi connectivity index (χ3n) is 4.84. The molecule has 7 heteroatoms. The summed E-state index contributed by atoms with van der Waals surface area (Å²) in [6.07, 6.45) is 1.71. The molecule has 0 fully saturated rings. The third kappa shape index (κ3) is 3.46. The summed E-state index contributed by atoms with van der Waals surface area (Å²) in [7, 11) is 1.54. The molecule has 6 nitrogen and oxygen atoms in total. The van der Waals surface area contributed by atoms with Gasteiger partial charge in [-0.1, -0.05) is 41.4 Å². The van der Waals surface area contributed by atoms with Gasteiger partial charge in [0, 0.05) is 22.6 Å². The minimum absolute atomic E-state index is 0.0281. The Morgan fingerprint density at radius 3 is 2.59 bits per heavy atom. The average molecular weight is 455 g/mol. The Bertz CT molecular complexity index is 1320. The third-order valence-corrected chi connectivity index (χ3v) is 5.37. The second-order valence-electron chi connectivity index (χ2n) is 6.73. The molecule has 4 rings (SSSR count). The van der Waals surface area contributed by atoms with Crippen molar-refractivity contribution in [3.05, 3.63) is 67.5 Å². The highest BCUT2D eigenvalue weighted by atomic mass is 79.9. The lowest BCUT2D eigenvalue weighted by atomic mass is 10.1. The van der Waals surface area contributed by atoms with Crippen LogP contribution in [0.4, 0.5) is 0 Å². The molecule has 0 unspecified atom stereocenters. The molecule has 0 saturated heterocycles. The summed E-state index contributed by atoms with van der Waals surface area (Å²) < 4.78 is 13.6. The topological polar surface area (TPSA) is 74.3 Å². The molecular weight excluding hydrogens is 436 g/mol. The van der Waals surface area contributed by atoms with Crippen molar-refractivity contribution < 1.29 is 9.15 Å². The van der Waals surface area contributed by atoms with Crippen LogP contribution < -0.4 is 15.7 Å². The zero-order valence-electron chi connectivity index (χ0n) is 16.1. The van der Waals surface area contributed by atoms with E-state index in [1.807, 2.05) is 31.2 Å². The largest absolute Gasteiger partial charge is 0.497 e. The van der Waals surface area contributed by atoms with E-state index < -0.39 is 0 Å². The molecule has 0 radical (unpaired) electrons. The summed E-state index contributed by atoms with van der Waals surface area (Å²) in [5.41, 5.74) is 0.381. The van der Waals surface area contributed by atoms with Crippen molar-refractivity contribution in [3.8, 4) is 17.1 Å². The molecule has 0 atom stereocenters. The second-order valence-corrected chi connectivity index (χ2v) is 7.64. The van der Waals surface area contributed by atoms with Gasteiger partial charge in [-0.25, -0.2) is 0 Å². The highest BCUT2D eigenvalue weighted by Crippen LogP contribution is 2.24. The number of unbranched alkanes of at least 4 members (excludes halogenated alkanes) is 1. The summed E-state index contributed by atoms with van der Waals surface area (Å²) in [4.78, 5) is 31.0. The lowest BCUT2D eigenvalue weighted by Crippen LogP contribution is -2.27. The van der Waals surface area contributed by atoms with Crippen molar-refractivity contribution >= 4 is 38.0 Å². The minimum Gasteiger partial charge on any atom is -0.497 e. The number of benzene rings is 2. The van der Waals surface area contributed by atoms with Crippen molar-refractivity contribution in [3.63, 3.8) is 0 Å². The molecule has 4 aromatic rings. The second kappa shape index (κ2) is 7.83. The van der Waals surface area contributed by atoms with Crippen LogP contribution in [0.5, 0.6) is 5.75 Å². The molecule has 2 heterocycles. The summed E-state index contributed by atoms with van der Waals surface area (Å²) in [6, 6.07) is 12.4. The predicted molar refractivity (Wildman–Crippen MR) is 117 cm³/mol. The van der Waals surface area contributed by atoms with Crippen LogP contribution >= 0.6 is 15.9 Å². The summed E-state index contributed by atoms with van der Waals surface area (Å²) >= 11 is 3.42. The first-order valence-electron chi connectivity index (χ1n) is 9.35. The maximum absolute atomic E-state index is 13.3. The van der Waals surface area contributed by atoms with E-state index in [1.54, 1.807) is 22.8 Å². The first-order valence-corrected chi connectivity index (χ1v) is 10.1. The fraction of sp³-hybridized carbons (Fsp3) is 0.227. The average Bonchev–Trinajstić information content (AvgIpc) is 2.73. The van der Waals surface area contributed by atoms with E-state index in [0.29, 0.717) is 29.1 Å². The van der Waals surface area contributed by atoms with E-state index in [4.69, 9.17) is 9.15 Å². The van der Waals surface area contributed by atoms with Gasteiger partial charge in [0.1, 0.15) is 17.2 Å². The molecule has 2 aromatic carbocycles. The Morgan fingerprint density at radius 2 is 1.90 bits per heavy atom. The molecule has 148 valence electrons. The Morgan fingerprint density at radius 1 is 1.14 bits per heavy atom. The Balaban J connectivity index is 2.08. The van der Waals surface area contributed by atoms with Crippen molar-refractivity contribution in [2.75, 3.05) is 7.11 Å². The molecular formula is C22H19BrN2O4. The SMILES string of the molecule is CCCCn1c(-c2ccc(Br)cc2)nc2oc3cc(OC)ccc3c(=O)c2c1=O. The van der Waals surface area contributed by atoms with Crippen LogP contribution in [0.1, 0.15) is 19.8 Å². The molecule has 0 aliphatic carbocycles. The highest BCUT2D eigenvalue weighted by molar-refractivity contribution is 9.10. The number of nitrogens with zero attached hydrogens (tertiary/aromatic N) is 2. The van der Waals surface area contributed by atoms with Crippen LogP contribution in [0.3, 0.4) is 0 Å². The van der Waals surface area contributed by atoms with E-state index >= 15 is 0 Å². The van der Waals surface area contributed by atoms with Crippen molar-refractivity contribution in [2.45, 2.75) is 26.3 Å². The van der Waals surface area contributed by atoms with E-state index in [1.165, 1.54) is 7.11 Å². The lowest BCUT2D eigenvalue weighted by Gasteiger charge is -2.13. The molecule has 0 N–H and O–H groups in total. The lowest BCUT2D eigenvalue weighted by molar-refractivity contribution is 0.414. The van der Waals surface area contributed by atoms with Gasteiger partial charge in [0.15, 0.2) is 5.39 Å². The summed E-state index contributed by atoms with van der Waals surface area (Å²) in [5, 5.41) is 0.301. The molecule has 0 bridgehead atoms. The van der Waals surface area contributed by atoms with E-state index in [9.17, 15) is 9.59 Å². The van der Waals surface area contributed by atoms with Crippen LogP contribution in [-0.2, 0) is 6.54 Å². The first kappa shape index (κ1) is 19.4. The van der Waals surface area contributed by atoms with Gasteiger partial charge in [0.05, 0.1) is 12.5 Å². The number of ether oxygens (including phenoxy) is 1. The number of hydrogen-bond donors (Lipinski definition) is 0. The van der Waals surface area contributed by atoms with Crippen LogP contribution in [0, 0.1) is 0 Å². The fourth-order valence-electron chi connectivity index (χ4n) is 3.29. The van der Waals surface area contributed by atoms with Crippen molar-refractivity contribution in [2.24, 2.45) is 0 Å². The zero-order valence-corrected chi connectivity index (χ0v) is 17.7. The molecule has 2 aromatic heterocycles. The van der Waals surface area contributed by atoms with Gasteiger partial charge >= 0.3 is 0 Å². The number of halogens is 1. The van der Waals surface area contributed by atoms with Crippen LogP contribution in [0.25, 0.3) is 33.5 Å². The van der Waals surface area contributed by atoms with Gasteiger partial charge in [-0.3, -0.25) is 14.2 Å². The molecule has 29 heavy (non-hydrogen) atoms. The van der Waals surface area contributed by atoms with E-state index in [0.717, 1.165) is 22.9 Å². The Kier molecular flexibility index (Phi) is 5.24. The van der Waals surface area contributed by atoms with Gasteiger partial charge in [-0.05, 0) is 30.7 Å². The standard InChI is InChI=1S/C22H19BrN2O4/c1-3-4-11-25-20(13-5-7-14(23)8-6-13)24-21-18(22(25)27)19(26)16-10-9-15(28-2)12-17(16)29-21/h5-10,12H,3-4,11H2,1-2H3. The van der Waals surface area contributed by atoms with Crippen molar-refractivity contribution in [1.82, 2.24) is 9.55 Å². The van der Waals surface area contributed by atoms with Crippen molar-refractivity contribution in [1.29, 1.82) is 0 Å². The quantitative estimate of drug-likeness (QED) is 0.407. The molecule has 0 spiro atoms. The van der Waals surface area contributed by atoms with Crippen LogP contribution in [0.15, 0.2) is 60.9 Å². The van der Waals surface area contributed by atoms with Crippen LogP contribution in [0.2, 0.25) is 0 Å². The highest BCUT2D eigenvalue weighted by Gasteiger charge is 2.19. The molecule has 0 aliphatic heterocycles. The molecule has 0 amide bonds. The van der Waals surface area contributed by atoms with E-state index in [2.05, 4.69) is 20.9 Å². The van der Waals surface area contributed by atoms with Crippen LogP contribution in [-0.4, -0.2) is 16.7 Å². The van der Waals surface area contributed by atoms with E-state index in [-0.39, 0.29) is 22.1 Å². The van der Waals surface area contributed by atoms with Gasteiger partial charge in [0.2, 0.25) is 11.1 Å². The normalized spacial score (nSPS) is 11.3. The van der Waals surface area contributed by atoms with Gasteiger partial charge in [-0.2, -0.15) is 4.98 Å². The number of rotatable bonds is 5. The van der Waals surface area contributed by atoms with Gasteiger partial charge < -0.3 is 9.15 Å². The smallest absolute Gasteiger partial charge is 0.269 e. The monoisotopic (exact) mass is 454 g/mol. The first-order chi connectivity index (χ1) is 14.0. The van der Waals surface area contributed by atoms with Gasteiger partial charge in [-0.15, -0.1) is 0 Å². The summed E-state index contributed by atoms with van der Waals surface area (Å²) in [5.74, 6) is 1.04. The molecule has 0 aliphatic rings. The predicted octanol–water partition coefficient (Wildman–Crippen LogP) is 4.74. The Hall–Kier alpha value is -2.93. The number of methoxy groups -OCH3 is 1. The number of fused-ring (bicyclic) bond motifs is 2.